The number of rotatable bonds is 13. The summed E-state index contributed by atoms with van der Waals surface area (Å²) in [5, 5.41) is 29.3. The molecule has 47 heavy (non-hydrogen) atoms. The first kappa shape index (κ1) is 33.8. The Morgan fingerprint density at radius 3 is 2.04 bits per heavy atom. The predicted molar refractivity (Wildman–Crippen MR) is 168 cm³/mol. The molecular weight excluding hydrogens is 608 g/mol. The molecule has 3 atom stereocenters. The first-order chi connectivity index (χ1) is 22.2. The smallest absolute Gasteiger partial charge is 0.331 e. The molecule has 14 heteroatoms. The van der Waals surface area contributed by atoms with Crippen LogP contribution < -0.4 is 11.1 Å². The second kappa shape index (κ2) is 13.9. The van der Waals surface area contributed by atoms with Crippen molar-refractivity contribution in [2.24, 2.45) is 5.73 Å². The summed E-state index contributed by atoms with van der Waals surface area (Å²) in [7, 11) is 1.17. The molecule has 3 aromatic rings. The molecule has 0 saturated carbocycles. The van der Waals surface area contributed by atoms with Gasteiger partial charge in [-0.15, -0.1) is 0 Å². The van der Waals surface area contributed by atoms with Gasteiger partial charge in [0.1, 0.15) is 24.0 Å². The number of amides is 5. The van der Waals surface area contributed by atoms with Crippen molar-refractivity contribution < 1.29 is 39.0 Å². The first-order valence-corrected chi connectivity index (χ1v) is 14.4. The van der Waals surface area contributed by atoms with Crippen LogP contribution in [0.4, 0.5) is 4.79 Å². The van der Waals surface area contributed by atoms with Gasteiger partial charge in [-0.1, -0.05) is 84.9 Å². The summed E-state index contributed by atoms with van der Waals surface area (Å²) in [6.45, 7) is 0.673. The summed E-state index contributed by atoms with van der Waals surface area (Å²) < 4.78 is 0. The number of nitrogen functional groups attached to an aromatic ring is 1. The number of likely N-dealkylation sites (N-methyl/N-ethyl adjacent to an activating group) is 1. The van der Waals surface area contributed by atoms with Crippen LogP contribution in [0.5, 0.6) is 0 Å². The first-order valence-electron chi connectivity index (χ1n) is 14.4. The second-order valence-corrected chi connectivity index (χ2v) is 11.1. The second-order valence-electron chi connectivity index (χ2n) is 11.1. The highest BCUT2D eigenvalue weighted by Crippen LogP contribution is 2.38. The van der Waals surface area contributed by atoms with E-state index in [1.165, 1.54) is 43.1 Å². The minimum Gasteiger partial charge on any atom is -0.481 e. The maximum atomic E-state index is 14.0. The zero-order valence-electron chi connectivity index (χ0n) is 25.6. The predicted octanol–water partition coefficient (Wildman–Crippen LogP) is 1.89. The number of carbonyl (C=O) groups excluding carboxylic acids is 4. The summed E-state index contributed by atoms with van der Waals surface area (Å²) >= 11 is 0. The number of amidine groups is 1. The van der Waals surface area contributed by atoms with Gasteiger partial charge >= 0.3 is 18.0 Å². The van der Waals surface area contributed by atoms with Gasteiger partial charge in [0, 0.05) is 19.2 Å². The highest BCUT2D eigenvalue weighted by molar-refractivity contribution is 6.09. The normalized spacial score (nSPS) is 17.1. The van der Waals surface area contributed by atoms with Crippen LogP contribution in [0.1, 0.15) is 41.6 Å². The number of benzene rings is 3. The fourth-order valence-corrected chi connectivity index (χ4v) is 5.49. The fraction of sp³-hybridized carbons (Fsp3) is 0.242. The van der Waals surface area contributed by atoms with E-state index in [4.69, 9.17) is 11.1 Å². The molecule has 0 bridgehead atoms. The summed E-state index contributed by atoms with van der Waals surface area (Å²) in [6.07, 6.45) is -0.891. The van der Waals surface area contributed by atoms with Gasteiger partial charge in [-0.3, -0.25) is 29.5 Å². The Morgan fingerprint density at radius 1 is 0.936 bits per heavy atom. The molecule has 1 heterocycles. The van der Waals surface area contributed by atoms with Gasteiger partial charge in [0.2, 0.25) is 11.8 Å². The zero-order valence-corrected chi connectivity index (χ0v) is 25.6. The third-order valence-electron chi connectivity index (χ3n) is 8.00. The Bertz CT molecular complexity index is 1700. The molecule has 0 aromatic heterocycles. The highest BCUT2D eigenvalue weighted by Gasteiger charge is 2.55. The van der Waals surface area contributed by atoms with Crippen molar-refractivity contribution >= 4 is 41.5 Å². The fourth-order valence-electron chi connectivity index (χ4n) is 5.49. The summed E-state index contributed by atoms with van der Waals surface area (Å²) in [5.74, 6) is -5.79. The third kappa shape index (κ3) is 7.11. The molecule has 0 radical (unpaired) electrons. The standard InChI is InChI=1S/C33H34N6O8/c1-33(23-15-13-22(14-16-23)28(34)35)31(46)38(32(47)39(33)18-20-9-5-3-6-10-20)19-25(40)36-24(17-26(41)42)29(43)37(2)27(30(44)45)21-11-7-4-8-12-21/h3-16,24,27H,17-19H2,1-2H3,(H3,34,35)(H,36,40)(H,41,42)(H,44,45)/t24-,27-,33?/m0/s1. The van der Waals surface area contributed by atoms with Crippen molar-refractivity contribution in [1.82, 2.24) is 20.0 Å². The van der Waals surface area contributed by atoms with Gasteiger partial charge < -0.3 is 31.1 Å². The van der Waals surface area contributed by atoms with Crippen LogP contribution in [0.15, 0.2) is 84.9 Å². The van der Waals surface area contributed by atoms with Crippen LogP contribution in [0, 0.1) is 5.41 Å². The van der Waals surface area contributed by atoms with Crippen LogP contribution in [0.2, 0.25) is 0 Å². The molecule has 1 aliphatic rings. The van der Waals surface area contributed by atoms with Crippen molar-refractivity contribution in [1.29, 1.82) is 5.41 Å². The van der Waals surface area contributed by atoms with Crippen molar-refractivity contribution in [3.63, 3.8) is 0 Å². The monoisotopic (exact) mass is 642 g/mol. The van der Waals surface area contributed by atoms with E-state index in [1.54, 1.807) is 60.7 Å². The average molecular weight is 643 g/mol. The van der Waals surface area contributed by atoms with E-state index >= 15 is 0 Å². The van der Waals surface area contributed by atoms with Gasteiger partial charge in [-0.2, -0.15) is 0 Å². The number of nitrogens with one attached hydrogen (secondary N) is 2. The topological polar surface area (TPSA) is 214 Å². The van der Waals surface area contributed by atoms with Crippen LogP contribution >= 0.6 is 0 Å². The van der Waals surface area contributed by atoms with Gasteiger partial charge in [-0.25, -0.2) is 9.59 Å². The number of hydrogen-bond acceptors (Lipinski definition) is 7. The molecule has 1 unspecified atom stereocenters. The lowest BCUT2D eigenvalue weighted by Gasteiger charge is -2.32. The SMILES string of the molecule is CN(C(=O)[C@H](CC(=O)O)NC(=O)CN1C(=O)N(Cc2ccccc2)C(C)(c2ccc(C(=N)N)cc2)C1=O)[C@H](C(=O)O)c1ccccc1. The summed E-state index contributed by atoms with van der Waals surface area (Å²) in [6, 6.07) is 18.9. The van der Waals surface area contributed by atoms with E-state index in [0.717, 1.165) is 4.90 Å². The molecular formula is C33H34N6O8. The molecule has 244 valence electrons. The number of hydrogen-bond donors (Lipinski definition) is 5. The van der Waals surface area contributed by atoms with Gasteiger partial charge in [-0.05, 0) is 23.6 Å². The number of carboxylic acids is 2. The lowest BCUT2D eigenvalue weighted by Crippen LogP contribution is -2.52. The quantitative estimate of drug-likeness (QED) is 0.104. The lowest BCUT2D eigenvalue weighted by atomic mass is 9.89. The van der Waals surface area contributed by atoms with Gasteiger partial charge in [0.15, 0.2) is 6.04 Å². The maximum absolute atomic E-state index is 14.0. The van der Waals surface area contributed by atoms with Gasteiger partial charge in [0.05, 0.1) is 6.42 Å². The minimum atomic E-state index is -1.71. The summed E-state index contributed by atoms with van der Waals surface area (Å²) in [4.78, 5) is 81.2. The molecule has 0 spiro atoms. The number of nitrogens with zero attached hydrogens (tertiary/aromatic N) is 3. The van der Waals surface area contributed by atoms with E-state index in [2.05, 4.69) is 5.32 Å². The lowest BCUT2D eigenvalue weighted by molar-refractivity contribution is -0.151. The molecule has 6 N–H and O–H groups in total. The molecule has 14 nitrogen and oxygen atoms in total. The zero-order chi connectivity index (χ0) is 34.5. The number of aliphatic carboxylic acids is 2. The van der Waals surface area contributed by atoms with Crippen LogP contribution in [-0.4, -0.2) is 86.1 Å². The van der Waals surface area contributed by atoms with Crippen molar-refractivity contribution in [2.45, 2.75) is 37.5 Å². The Labute approximate surface area is 269 Å². The van der Waals surface area contributed by atoms with E-state index in [1.807, 2.05) is 0 Å². The average Bonchev–Trinajstić information content (AvgIpc) is 3.21. The van der Waals surface area contributed by atoms with Crippen molar-refractivity contribution in [3.8, 4) is 0 Å². The highest BCUT2D eigenvalue weighted by atomic mass is 16.4. The molecule has 0 aliphatic carbocycles. The molecule has 3 aromatic carbocycles. The Balaban J connectivity index is 1.61. The largest absolute Gasteiger partial charge is 0.481 e. The third-order valence-corrected chi connectivity index (χ3v) is 8.00. The summed E-state index contributed by atoms with van der Waals surface area (Å²) in [5.41, 5.74) is 5.73. The number of carboxylic acid groups (broad SMARTS) is 2. The molecule has 5 amide bonds. The number of urea groups is 1. The minimum absolute atomic E-state index is 0.00449. The van der Waals surface area contributed by atoms with Crippen molar-refractivity contribution in [3.05, 3.63) is 107 Å². The number of nitrogens with two attached hydrogens (primary N) is 1. The Kier molecular flexibility index (Phi) is 10.0. The van der Waals surface area contributed by atoms with E-state index in [0.29, 0.717) is 21.6 Å². The van der Waals surface area contributed by atoms with E-state index in [9.17, 15) is 39.0 Å². The van der Waals surface area contributed by atoms with Gasteiger partial charge in [0.25, 0.3) is 5.91 Å². The van der Waals surface area contributed by atoms with E-state index < -0.39 is 66.3 Å². The number of carbonyl (C=O) groups is 6. The number of imide groups is 1. The van der Waals surface area contributed by atoms with Crippen LogP contribution in [-0.2, 0) is 36.1 Å². The maximum Gasteiger partial charge on any atom is 0.331 e. The molecule has 1 saturated heterocycles. The van der Waals surface area contributed by atoms with E-state index in [-0.39, 0.29) is 17.9 Å². The molecule has 4 rings (SSSR count). The van der Waals surface area contributed by atoms with Crippen LogP contribution in [0.3, 0.4) is 0 Å². The molecule has 1 fully saturated rings. The Hall–Kier alpha value is -6.05. The van der Waals surface area contributed by atoms with Crippen LogP contribution in [0.25, 0.3) is 0 Å². The Morgan fingerprint density at radius 2 is 1.51 bits per heavy atom. The van der Waals surface area contributed by atoms with Crippen molar-refractivity contribution in [2.75, 3.05) is 13.6 Å². The molecule has 1 aliphatic heterocycles.